The lowest BCUT2D eigenvalue weighted by atomic mass is 9.96. The average molecular weight is 354 g/mol. The number of benzene rings is 2. The molecule has 5 heteroatoms. The van der Waals surface area contributed by atoms with Crippen molar-refractivity contribution in [1.29, 1.82) is 0 Å². The second kappa shape index (κ2) is 8.52. The summed E-state index contributed by atoms with van der Waals surface area (Å²) in [5.74, 6) is 0.600. The summed E-state index contributed by atoms with van der Waals surface area (Å²) < 4.78 is 5.24. The third-order valence-electron chi connectivity index (χ3n) is 3.93. The first kappa shape index (κ1) is 19.5. The van der Waals surface area contributed by atoms with Crippen LogP contribution in [0.1, 0.15) is 31.1 Å². The van der Waals surface area contributed by atoms with E-state index in [4.69, 9.17) is 4.74 Å². The molecule has 0 aliphatic carbocycles. The highest BCUT2D eigenvalue weighted by molar-refractivity contribution is 5.94. The third-order valence-corrected chi connectivity index (χ3v) is 3.93. The first-order valence-electron chi connectivity index (χ1n) is 8.62. The molecule has 0 saturated carbocycles. The zero-order valence-electron chi connectivity index (χ0n) is 15.8. The Morgan fingerprint density at radius 2 is 1.58 bits per heavy atom. The predicted molar refractivity (Wildman–Crippen MR) is 103 cm³/mol. The van der Waals surface area contributed by atoms with Crippen LogP contribution in [0.5, 0.6) is 5.75 Å². The van der Waals surface area contributed by atoms with Crippen LogP contribution in [0.15, 0.2) is 48.5 Å². The highest BCUT2D eigenvalue weighted by atomic mass is 16.5. The summed E-state index contributed by atoms with van der Waals surface area (Å²) >= 11 is 0. The second-order valence-electron chi connectivity index (χ2n) is 7.07. The van der Waals surface area contributed by atoms with Gasteiger partial charge in [0.2, 0.25) is 5.91 Å². The maximum Gasteiger partial charge on any atom is 0.251 e. The molecule has 0 fully saturated rings. The molecule has 2 amide bonds. The molecule has 2 N–H and O–H groups in total. The summed E-state index contributed by atoms with van der Waals surface area (Å²) in [7, 11) is 1.64. The van der Waals surface area contributed by atoms with Crippen molar-refractivity contribution in [2.75, 3.05) is 20.2 Å². The van der Waals surface area contributed by atoms with Crippen LogP contribution in [0.25, 0.3) is 11.1 Å². The molecule has 0 atom stereocenters. The van der Waals surface area contributed by atoms with Gasteiger partial charge in [-0.3, -0.25) is 9.59 Å². The van der Waals surface area contributed by atoms with Crippen molar-refractivity contribution in [3.8, 4) is 16.9 Å². The standard InChI is InChI=1S/C21H26N2O3/c1-21(2,3)20(25)23-13-12-22-19(24)16-10-8-15(9-11-16)17-6-5-7-18(14-17)26-4/h5-11,14H,12-13H2,1-4H3,(H,22,24)(H,23,25). The SMILES string of the molecule is COc1cccc(-c2ccc(C(=O)NCCNC(=O)C(C)(C)C)cc2)c1. The Balaban J connectivity index is 1.89. The van der Waals surface area contributed by atoms with E-state index in [1.54, 1.807) is 19.2 Å². The topological polar surface area (TPSA) is 67.4 Å². The van der Waals surface area contributed by atoms with Crippen molar-refractivity contribution in [3.05, 3.63) is 54.1 Å². The van der Waals surface area contributed by atoms with Crippen molar-refractivity contribution < 1.29 is 14.3 Å². The maximum atomic E-state index is 12.2. The fourth-order valence-corrected chi connectivity index (χ4v) is 2.34. The normalized spacial score (nSPS) is 10.9. The van der Waals surface area contributed by atoms with Gasteiger partial charge in [0.15, 0.2) is 0 Å². The van der Waals surface area contributed by atoms with Crippen LogP contribution in [-0.2, 0) is 4.79 Å². The number of nitrogens with one attached hydrogen (secondary N) is 2. The Morgan fingerprint density at radius 1 is 0.923 bits per heavy atom. The lowest BCUT2D eigenvalue weighted by Gasteiger charge is -2.17. The molecular formula is C21H26N2O3. The Bertz CT molecular complexity index is 762. The van der Waals surface area contributed by atoms with Crippen LogP contribution in [0.3, 0.4) is 0 Å². The van der Waals surface area contributed by atoms with E-state index < -0.39 is 5.41 Å². The molecule has 0 radical (unpaired) electrons. The summed E-state index contributed by atoms with van der Waals surface area (Å²) in [6.45, 7) is 6.35. The molecule has 138 valence electrons. The number of hydrogen-bond donors (Lipinski definition) is 2. The van der Waals surface area contributed by atoms with Crippen molar-refractivity contribution in [3.63, 3.8) is 0 Å². The molecule has 0 aliphatic heterocycles. The van der Waals surface area contributed by atoms with Crippen molar-refractivity contribution in [1.82, 2.24) is 10.6 Å². The van der Waals surface area contributed by atoms with Crippen LogP contribution < -0.4 is 15.4 Å². The molecule has 2 aromatic carbocycles. The maximum absolute atomic E-state index is 12.2. The van der Waals surface area contributed by atoms with Gasteiger partial charge >= 0.3 is 0 Å². The lowest BCUT2D eigenvalue weighted by Crippen LogP contribution is -2.39. The van der Waals surface area contributed by atoms with Crippen LogP contribution in [0.2, 0.25) is 0 Å². The van der Waals surface area contributed by atoms with Gasteiger partial charge in [-0.15, -0.1) is 0 Å². The van der Waals surface area contributed by atoms with Gasteiger partial charge in [0, 0.05) is 24.1 Å². The van der Waals surface area contributed by atoms with Crippen LogP contribution >= 0.6 is 0 Å². The minimum Gasteiger partial charge on any atom is -0.497 e. The van der Waals surface area contributed by atoms with E-state index in [1.165, 1.54) is 0 Å². The molecule has 26 heavy (non-hydrogen) atoms. The number of hydrogen-bond acceptors (Lipinski definition) is 3. The zero-order valence-corrected chi connectivity index (χ0v) is 15.8. The van der Waals surface area contributed by atoms with Crippen LogP contribution in [0, 0.1) is 5.41 Å². The Labute approximate surface area is 154 Å². The van der Waals surface area contributed by atoms with Gasteiger partial charge in [-0.2, -0.15) is 0 Å². The molecule has 2 aromatic rings. The van der Waals surface area contributed by atoms with E-state index in [0.29, 0.717) is 18.7 Å². The summed E-state index contributed by atoms with van der Waals surface area (Å²) in [5, 5.41) is 5.61. The minimum atomic E-state index is -0.431. The van der Waals surface area contributed by atoms with E-state index in [2.05, 4.69) is 10.6 Å². The van der Waals surface area contributed by atoms with E-state index in [-0.39, 0.29) is 11.8 Å². The molecule has 0 bridgehead atoms. The largest absolute Gasteiger partial charge is 0.497 e. The number of methoxy groups -OCH3 is 1. The number of ether oxygens (including phenoxy) is 1. The summed E-state index contributed by atoms with van der Waals surface area (Å²) in [6.07, 6.45) is 0. The number of rotatable bonds is 6. The Morgan fingerprint density at radius 3 is 2.19 bits per heavy atom. The van der Waals surface area contributed by atoms with E-state index in [9.17, 15) is 9.59 Å². The first-order chi connectivity index (χ1) is 12.3. The first-order valence-corrected chi connectivity index (χ1v) is 8.62. The van der Waals surface area contributed by atoms with Gasteiger partial charge < -0.3 is 15.4 Å². The molecule has 0 heterocycles. The predicted octanol–water partition coefficient (Wildman–Crippen LogP) is 3.25. The Kier molecular flexibility index (Phi) is 6.39. The monoisotopic (exact) mass is 354 g/mol. The van der Waals surface area contributed by atoms with Gasteiger partial charge in [0.05, 0.1) is 7.11 Å². The zero-order chi connectivity index (χ0) is 19.2. The molecule has 0 unspecified atom stereocenters. The molecule has 0 aliphatic rings. The highest BCUT2D eigenvalue weighted by Crippen LogP contribution is 2.24. The molecule has 5 nitrogen and oxygen atoms in total. The smallest absolute Gasteiger partial charge is 0.251 e. The van der Waals surface area contributed by atoms with Crippen molar-refractivity contribution >= 4 is 11.8 Å². The molecule has 0 saturated heterocycles. The van der Waals surface area contributed by atoms with Crippen molar-refractivity contribution in [2.45, 2.75) is 20.8 Å². The van der Waals surface area contributed by atoms with Crippen molar-refractivity contribution in [2.24, 2.45) is 5.41 Å². The molecule has 0 spiro atoms. The van der Waals surface area contributed by atoms with E-state index in [0.717, 1.165) is 16.9 Å². The minimum absolute atomic E-state index is 0.0330. The Hall–Kier alpha value is -2.82. The molecule has 2 rings (SSSR count). The van der Waals surface area contributed by atoms with Gasteiger partial charge in [-0.05, 0) is 35.4 Å². The second-order valence-corrected chi connectivity index (χ2v) is 7.07. The van der Waals surface area contributed by atoms with Crippen LogP contribution in [-0.4, -0.2) is 32.0 Å². The van der Waals surface area contributed by atoms with Gasteiger partial charge in [-0.1, -0.05) is 45.0 Å². The number of amides is 2. The fourth-order valence-electron chi connectivity index (χ4n) is 2.34. The van der Waals surface area contributed by atoms with E-state index >= 15 is 0 Å². The summed E-state index contributed by atoms with van der Waals surface area (Å²) in [5.41, 5.74) is 2.19. The third kappa shape index (κ3) is 5.34. The summed E-state index contributed by atoms with van der Waals surface area (Å²) in [6, 6.07) is 15.2. The van der Waals surface area contributed by atoms with Gasteiger partial charge in [-0.25, -0.2) is 0 Å². The average Bonchev–Trinajstić information content (AvgIpc) is 2.64. The molecule has 0 aromatic heterocycles. The van der Waals surface area contributed by atoms with Gasteiger partial charge in [0.25, 0.3) is 5.91 Å². The number of carbonyl (C=O) groups is 2. The van der Waals surface area contributed by atoms with Crippen LogP contribution in [0.4, 0.5) is 0 Å². The lowest BCUT2D eigenvalue weighted by molar-refractivity contribution is -0.128. The fraction of sp³-hybridized carbons (Fsp3) is 0.333. The number of carbonyl (C=O) groups excluding carboxylic acids is 2. The quantitative estimate of drug-likeness (QED) is 0.783. The van der Waals surface area contributed by atoms with Gasteiger partial charge in [0.1, 0.15) is 5.75 Å². The van der Waals surface area contributed by atoms with E-state index in [1.807, 2.05) is 57.2 Å². The highest BCUT2D eigenvalue weighted by Gasteiger charge is 2.20. The molecular weight excluding hydrogens is 328 g/mol. The summed E-state index contributed by atoms with van der Waals surface area (Å²) in [4.78, 5) is 24.0.